The molecule has 3 unspecified atom stereocenters. The third-order valence-corrected chi connectivity index (χ3v) is 6.10. The smallest absolute Gasteiger partial charge is 0.333 e. The number of alkyl halides is 1. The third kappa shape index (κ3) is 4.93. The van der Waals surface area contributed by atoms with Crippen LogP contribution in [0, 0.1) is 10.1 Å². The average molecular weight is 532 g/mol. The average Bonchev–Trinajstić information content (AvgIpc) is 2.80. The van der Waals surface area contributed by atoms with E-state index in [2.05, 4.69) is 27.8 Å². The Balaban J connectivity index is 1.77. The summed E-state index contributed by atoms with van der Waals surface area (Å²) in [5.41, 5.74) is -0.984. The fourth-order valence-electron chi connectivity index (χ4n) is 3.44. The van der Waals surface area contributed by atoms with E-state index in [0.717, 1.165) is 0 Å². The second kappa shape index (κ2) is 10.0. The van der Waals surface area contributed by atoms with Gasteiger partial charge in [0, 0.05) is 19.1 Å². The number of rotatable bonds is 9. The molecule has 0 aromatic heterocycles. The Bertz CT molecular complexity index is 1120. The number of hydrogen-bond donors (Lipinski definition) is 1. The van der Waals surface area contributed by atoms with Crippen molar-refractivity contribution in [3.05, 3.63) is 82.4 Å². The Labute approximate surface area is 203 Å². The van der Waals surface area contributed by atoms with Gasteiger partial charge >= 0.3 is 5.97 Å². The first-order valence-corrected chi connectivity index (χ1v) is 11.0. The summed E-state index contributed by atoms with van der Waals surface area (Å²) in [5.74, 6) is -1.56. The highest BCUT2D eigenvalue weighted by atomic mass is 79.9. The van der Waals surface area contributed by atoms with E-state index in [0.29, 0.717) is 16.9 Å². The first kappa shape index (κ1) is 24.9. The van der Waals surface area contributed by atoms with Crippen LogP contribution in [0.5, 0.6) is 5.75 Å². The zero-order chi connectivity index (χ0) is 25.0. The molecule has 1 aliphatic rings. The summed E-state index contributed by atoms with van der Waals surface area (Å²) in [5, 5.41) is 13.3. The van der Waals surface area contributed by atoms with Crippen LogP contribution < -0.4 is 10.1 Å². The molecule has 0 spiro atoms. The monoisotopic (exact) mass is 531 g/mol. The van der Waals surface area contributed by atoms with Gasteiger partial charge in [-0.15, -0.1) is 0 Å². The van der Waals surface area contributed by atoms with Crippen molar-refractivity contribution in [2.45, 2.75) is 37.2 Å². The molecule has 1 saturated heterocycles. The molecule has 2 aromatic carbocycles. The SMILES string of the molecule is C=C(C)C(C(=O)OCc1ccc([N+](=O)[O-])cc1)N1C(=O)C(NC(C)=O)(Oc2ccccc2)C1Br. The predicted octanol–water partition coefficient (Wildman–Crippen LogP) is 3.06. The maximum Gasteiger partial charge on any atom is 0.333 e. The van der Waals surface area contributed by atoms with Gasteiger partial charge < -0.3 is 19.7 Å². The van der Waals surface area contributed by atoms with E-state index < -0.39 is 39.4 Å². The van der Waals surface area contributed by atoms with Crippen molar-refractivity contribution < 1.29 is 28.8 Å². The summed E-state index contributed by atoms with van der Waals surface area (Å²) in [7, 11) is 0. The summed E-state index contributed by atoms with van der Waals surface area (Å²) in [6.07, 6.45) is 0. The molecular weight excluding hydrogens is 510 g/mol. The van der Waals surface area contributed by atoms with E-state index in [1.807, 2.05) is 0 Å². The molecule has 2 amide bonds. The molecule has 34 heavy (non-hydrogen) atoms. The van der Waals surface area contributed by atoms with Crippen molar-refractivity contribution in [3.8, 4) is 5.75 Å². The molecule has 0 aliphatic carbocycles. The van der Waals surface area contributed by atoms with Gasteiger partial charge in [0.05, 0.1) is 4.92 Å². The van der Waals surface area contributed by atoms with Crippen molar-refractivity contribution >= 4 is 39.4 Å². The zero-order valence-electron chi connectivity index (χ0n) is 18.4. The molecule has 2 aromatic rings. The van der Waals surface area contributed by atoms with E-state index in [9.17, 15) is 24.5 Å². The van der Waals surface area contributed by atoms with Crippen LogP contribution in [0.2, 0.25) is 0 Å². The van der Waals surface area contributed by atoms with Gasteiger partial charge in [0.1, 0.15) is 12.4 Å². The molecule has 3 atom stereocenters. The number of non-ortho nitro benzene ring substituents is 1. The molecule has 11 heteroatoms. The van der Waals surface area contributed by atoms with E-state index in [4.69, 9.17) is 9.47 Å². The number of nitrogens with zero attached hydrogens (tertiary/aromatic N) is 2. The Morgan fingerprint density at radius 2 is 1.82 bits per heavy atom. The molecule has 1 N–H and O–H groups in total. The molecule has 3 rings (SSSR count). The van der Waals surface area contributed by atoms with E-state index >= 15 is 0 Å². The number of hydrogen-bond acceptors (Lipinski definition) is 7. The highest BCUT2D eigenvalue weighted by Gasteiger charge is 2.66. The fraction of sp³-hybridized carbons (Fsp3) is 0.261. The minimum Gasteiger partial charge on any atom is -0.459 e. The lowest BCUT2D eigenvalue weighted by molar-refractivity contribution is -0.384. The van der Waals surface area contributed by atoms with Crippen molar-refractivity contribution in [3.63, 3.8) is 0 Å². The lowest BCUT2D eigenvalue weighted by atomic mass is 9.95. The molecular formula is C23H22BrN3O7. The van der Waals surface area contributed by atoms with Crippen LogP contribution in [0.3, 0.4) is 0 Å². The number of β-lactam (4-membered cyclic amide) rings is 1. The highest BCUT2D eigenvalue weighted by Crippen LogP contribution is 2.40. The van der Waals surface area contributed by atoms with Crippen molar-refractivity contribution in [1.82, 2.24) is 10.2 Å². The number of nitrogens with one attached hydrogen (secondary N) is 1. The molecule has 0 radical (unpaired) electrons. The maximum atomic E-state index is 13.3. The lowest BCUT2D eigenvalue weighted by Gasteiger charge is -2.54. The first-order valence-electron chi connectivity index (χ1n) is 10.1. The molecule has 10 nitrogen and oxygen atoms in total. The molecule has 0 bridgehead atoms. The minimum atomic E-state index is -1.76. The number of benzene rings is 2. The van der Waals surface area contributed by atoms with E-state index in [1.54, 1.807) is 37.3 Å². The standard InChI is InChI=1S/C23H22BrN3O7/c1-14(2)19(20(29)33-13-16-9-11-17(12-10-16)27(31)32)26-21(24)23(22(26)30,25-15(3)28)34-18-7-5-4-6-8-18/h4-12,19,21H,1,13H2,2-3H3,(H,25,28). The normalized spacial score (nSPS) is 20.0. The zero-order valence-corrected chi connectivity index (χ0v) is 20.0. The molecule has 0 saturated carbocycles. The molecule has 1 heterocycles. The van der Waals surface area contributed by atoms with Gasteiger partial charge in [0.25, 0.3) is 17.3 Å². The van der Waals surface area contributed by atoms with E-state index in [1.165, 1.54) is 36.1 Å². The van der Waals surface area contributed by atoms with E-state index in [-0.39, 0.29) is 12.3 Å². The molecule has 1 fully saturated rings. The highest BCUT2D eigenvalue weighted by molar-refractivity contribution is 9.09. The number of nitro benzene ring substituents is 1. The maximum absolute atomic E-state index is 13.3. The van der Waals surface area contributed by atoms with Gasteiger partial charge in [-0.3, -0.25) is 19.7 Å². The Morgan fingerprint density at radius 1 is 1.21 bits per heavy atom. The fourth-order valence-corrected chi connectivity index (χ4v) is 4.27. The third-order valence-electron chi connectivity index (χ3n) is 5.01. The van der Waals surface area contributed by atoms with Crippen LogP contribution in [0.15, 0.2) is 66.7 Å². The van der Waals surface area contributed by atoms with Crippen LogP contribution in [0.1, 0.15) is 19.4 Å². The summed E-state index contributed by atoms with van der Waals surface area (Å²) in [6, 6.07) is 12.9. The summed E-state index contributed by atoms with van der Waals surface area (Å²) in [4.78, 5) is 48.6. The number of carbonyl (C=O) groups is 3. The summed E-state index contributed by atoms with van der Waals surface area (Å²) in [6.45, 7) is 6.47. The van der Waals surface area contributed by atoms with Crippen molar-refractivity contribution in [2.75, 3.05) is 0 Å². The second-order valence-corrected chi connectivity index (χ2v) is 8.53. The van der Waals surface area contributed by atoms with Crippen molar-refractivity contribution in [2.24, 2.45) is 0 Å². The van der Waals surface area contributed by atoms with Gasteiger partial charge in [-0.25, -0.2) is 4.79 Å². The number of amides is 2. The van der Waals surface area contributed by atoms with Gasteiger partial charge in [0.15, 0.2) is 11.0 Å². The summed E-state index contributed by atoms with van der Waals surface area (Å²) < 4.78 is 11.2. The number of halogens is 1. The number of ether oxygens (including phenoxy) is 2. The van der Waals surface area contributed by atoms with Gasteiger partial charge in [-0.2, -0.15) is 0 Å². The number of esters is 1. The largest absolute Gasteiger partial charge is 0.459 e. The van der Waals surface area contributed by atoms with Gasteiger partial charge in [-0.1, -0.05) is 40.7 Å². The molecule has 1 aliphatic heterocycles. The second-order valence-electron chi connectivity index (χ2n) is 7.66. The van der Waals surface area contributed by atoms with Crippen LogP contribution >= 0.6 is 15.9 Å². The number of carbonyl (C=O) groups excluding carboxylic acids is 3. The van der Waals surface area contributed by atoms with Crippen LogP contribution in [-0.4, -0.2) is 44.3 Å². The van der Waals surface area contributed by atoms with Crippen LogP contribution in [0.4, 0.5) is 5.69 Å². The Morgan fingerprint density at radius 3 is 2.32 bits per heavy atom. The number of likely N-dealkylation sites (tertiary alicyclic amines) is 1. The van der Waals surface area contributed by atoms with Crippen LogP contribution in [0.25, 0.3) is 0 Å². The quantitative estimate of drug-likeness (QED) is 0.0769. The first-order chi connectivity index (χ1) is 16.1. The number of para-hydroxylation sites is 1. The minimum absolute atomic E-state index is 0.0871. The van der Waals surface area contributed by atoms with Crippen LogP contribution in [-0.2, 0) is 25.7 Å². The number of nitro groups is 1. The van der Waals surface area contributed by atoms with Gasteiger partial charge in [0.2, 0.25) is 5.91 Å². The summed E-state index contributed by atoms with van der Waals surface area (Å²) >= 11 is 3.38. The lowest BCUT2D eigenvalue weighted by Crippen LogP contribution is -2.83. The predicted molar refractivity (Wildman–Crippen MR) is 125 cm³/mol. The Hall–Kier alpha value is -3.73. The topological polar surface area (TPSA) is 128 Å². The Kier molecular flexibility index (Phi) is 7.35. The molecule has 178 valence electrons. The van der Waals surface area contributed by atoms with Gasteiger partial charge in [-0.05, 0) is 42.3 Å². The van der Waals surface area contributed by atoms with Crippen molar-refractivity contribution in [1.29, 1.82) is 0 Å².